The van der Waals surface area contributed by atoms with Crippen LogP contribution in [0.1, 0.15) is 24.2 Å². The Kier molecular flexibility index (Phi) is 3.11. The minimum absolute atomic E-state index is 0.302. The summed E-state index contributed by atoms with van der Waals surface area (Å²) in [4.78, 5) is 0. The van der Waals surface area contributed by atoms with Gasteiger partial charge in [0.1, 0.15) is 23.2 Å². The van der Waals surface area contributed by atoms with Crippen molar-refractivity contribution in [1.29, 1.82) is 0 Å². The molecule has 1 N–H and O–H groups in total. The summed E-state index contributed by atoms with van der Waals surface area (Å²) in [5, 5.41) is 3.33. The van der Waals surface area contributed by atoms with E-state index in [9.17, 15) is 8.78 Å². The predicted octanol–water partition coefficient (Wildman–Crippen LogP) is 3.79. The smallest absolute Gasteiger partial charge is 0.137 e. The molecule has 1 aliphatic rings. The van der Waals surface area contributed by atoms with Gasteiger partial charge in [0.2, 0.25) is 0 Å². The quantitative estimate of drug-likeness (QED) is 0.908. The average molecular weight is 263 g/mol. The molecule has 3 rings (SSSR count). The van der Waals surface area contributed by atoms with Gasteiger partial charge >= 0.3 is 0 Å². The lowest BCUT2D eigenvalue weighted by Gasteiger charge is -2.03. The molecule has 2 nitrogen and oxygen atoms in total. The molecule has 0 bridgehead atoms. The Hall–Kier alpha value is -1.68. The molecule has 1 saturated carbocycles. The van der Waals surface area contributed by atoms with Crippen LogP contribution in [0.4, 0.5) is 8.78 Å². The van der Waals surface area contributed by atoms with Crippen molar-refractivity contribution in [3.63, 3.8) is 0 Å². The van der Waals surface area contributed by atoms with Gasteiger partial charge in [-0.25, -0.2) is 8.78 Å². The number of hydrogen-bond acceptors (Lipinski definition) is 2. The van der Waals surface area contributed by atoms with Gasteiger partial charge < -0.3 is 9.73 Å². The molecule has 0 amide bonds. The molecular weight excluding hydrogens is 248 g/mol. The van der Waals surface area contributed by atoms with Crippen molar-refractivity contribution in [2.75, 3.05) is 0 Å². The summed E-state index contributed by atoms with van der Waals surface area (Å²) in [6.45, 7) is 2.25. The lowest BCUT2D eigenvalue weighted by Crippen LogP contribution is -2.14. The third kappa shape index (κ3) is 2.68. The number of halogens is 2. The molecule has 1 aliphatic carbocycles. The fraction of sp³-hybridized carbons (Fsp3) is 0.333. The molecule has 1 fully saturated rings. The topological polar surface area (TPSA) is 25.2 Å². The fourth-order valence-corrected chi connectivity index (χ4v) is 2.00. The maximum Gasteiger partial charge on any atom is 0.137 e. The van der Waals surface area contributed by atoms with Crippen LogP contribution in [0.5, 0.6) is 0 Å². The summed E-state index contributed by atoms with van der Waals surface area (Å²) in [5.41, 5.74) is 0.710. The van der Waals surface area contributed by atoms with Crippen molar-refractivity contribution in [1.82, 2.24) is 5.32 Å². The van der Waals surface area contributed by atoms with Crippen LogP contribution >= 0.6 is 0 Å². The second-order valence-corrected chi connectivity index (χ2v) is 5.00. The summed E-state index contributed by atoms with van der Waals surface area (Å²) in [6.07, 6.45) is 2.42. The molecule has 100 valence electrons. The molecule has 2 aromatic rings. The molecule has 0 spiro atoms. The van der Waals surface area contributed by atoms with Crippen molar-refractivity contribution in [2.24, 2.45) is 0 Å². The van der Waals surface area contributed by atoms with Crippen molar-refractivity contribution < 1.29 is 13.2 Å². The first kappa shape index (κ1) is 12.4. The maximum atomic E-state index is 13.7. The van der Waals surface area contributed by atoms with Gasteiger partial charge in [-0.15, -0.1) is 0 Å². The second kappa shape index (κ2) is 4.78. The van der Waals surface area contributed by atoms with Crippen molar-refractivity contribution >= 4 is 0 Å². The van der Waals surface area contributed by atoms with E-state index < -0.39 is 11.6 Å². The Morgan fingerprint density at radius 1 is 1.21 bits per heavy atom. The van der Waals surface area contributed by atoms with Crippen molar-refractivity contribution in [2.45, 2.75) is 32.4 Å². The average Bonchev–Trinajstić information content (AvgIpc) is 3.09. The second-order valence-electron chi connectivity index (χ2n) is 5.00. The van der Waals surface area contributed by atoms with E-state index in [2.05, 4.69) is 5.32 Å². The third-order valence-corrected chi connectivity index (χ3v) is 3.32. The van der Waals surface area contributed by atoms with E-state index in [0.29, 0.717) is 29.5 Å². The largest absolute Gasteiger partial charge is 0.460 e. The maximum absolute atomic E-state index is 13.7. The predicted molar refractivity (Wildman–Crippen MR) is 68.7 cm³/mol. The van der Waals surface area contributed by atoms with Crippen molar-refractivity contribution in [3.05, 3.63) is 47.2 Å². The fourth-order valence-electron chi connectivity index (χ4n) is 2.00. The zero-order chi connectivity index (χ0) is 13.4. The van der Waals surface area contributed by atoms with Crippen LogP contribution < -0.4 is 5.32 Å². The lowest BCUT2D eigenvalue weighted by atomic mass is 10.1. The minimum Gasteiger partial charge on any atom is -0.460 e. The van der Waals surface area contributed by atoms with Gasteiger partial charge in [-0.05, 0) is 43.5 Å². The standard InChI is InChI=1S/C15H15F2NO/c1-9-6-12(14(17)7-13(9)16)15-5-4-11(19-15)8-18-10-2-3-10/h4-7,10,18H,2-3,8H2,1H3. The van der Waals surface area contributed by atoms with E-state index in [0.717, 1.165) is 11.8 Å². The summed E-state index contributed by atoms with van der Waals surface area (Å²) >= 11 is 0. The first-order chi connectivity index (χ1) is 9.13. The SMILES string of the molecule is Cc1cc(-c2ccc(CNC3CC3)o2)c(F)cc1F. The van der Waals surface area contributed by atoms with E-state index in [4.69, 9.17) is 4.42 Å². The van der Waals surface area contributed by atoms with Crippen LogP contribution in [0.15, 0.2) is 28.7 Å². The monoisotopic (exact) mass is 263 g/mol. The normalized spacial score (nSPS) is 14.9. The highest BCUT2D eigenvalue weighted by Crippen LogP contribution is 2.27. The van der Waals surface area contributed by atoms with Gasteiger partial charge in [-0.2, -0.15) is 0 Å². The zero-order valence-electron chi connectivity index (χ0n) is 10.7. The van der Waals surface area contributed by atoms with Crippen LogP contribution in [-0.4, -0.2) is 6.04 Å². The highest BCUT2D eigenvalue weighted by Gasteiger charge is 2.20. The van der Waals surface area contributed by atoms with E-state index in [1.807, 2.05) is 6.07 Å². The van der Waals surface area contributed by atoms with Gasteiger partial charge in [0.05, 0.1) is 12.1 Å². The molecule has 0 saturated heterocycles. The lowest BCUT2D eigenvalue weighted by molar-refractivity contribution is 0.488. The first-order valence-electron chi connectivity index (χ1n) is 6.41. The van der Waals surface area contributed by atoms with Gasteiger partial charge in [-0.1, -0.05) is 0 Å². The number of furan rings is 1. The summed E-state index contributed by atoms with van der Waals surface area (Å²) in [5.74, 6) is 0.0686. The minimum atomic E-state index is -0.598. The Bertz CT molecular complexity index is 602. The summed E-state index contributed by atoms with van der Waals surface area (Å²) < 4.78 is 32.5. The Morgan fingerprint density at radius 3 is 2.74 bits per heavy atom. The summed E-state index contributed by atoms with van der Waals surface area (Å²) in [6, 6.07) is 6.51. The van der Waals surface area contributed by atoms with Gasteiger partial charge in [-0.3, -0.25) is 0 Å². The molecule has 0 aliphatic heterocycles. The molecular formula is C15H15F2NO. The van der Waals surface area contributed by atoms with E-state index in [1.165, 1.54) is 18.9 Å². The van der Waals surface area contributed by atoms with Gasteiger partial charge in [0, 0.05) is 12.1 Å². The van der Waals surface area contributed by atoms with Crippen LogP contribution in [-0.2, 0) is 6.54 Å². The number of rotatable bonds is 4. The van der Waals surface area contributed by atoms with E-state index in [1.54, 1.807) is 13.0 Å². The van der Waals surface area contributed by atoms with Gasteiger partial charge in [0.25, 0.3) is 0 Å². The molecule has 0 radical (unpaired) electrons. The number of benzene rings is 1. The molecule has 1 heterocycles. The Labute approximate surface area is 110 Å². The van der Waals surface area contributed by atoms with Crippen LogP contribution in [0.2, 0.25) is 0 Å². The molecule has 19 heavy (non-hydrogen) atoms. The van der Waals surface area contributed by atoms with E-state index >= 15 is 0 Å². The molecule has 0 unspecified atom stereocenters. The van der Waals surface area contributed by atoms with Crippen molar-refractivity contribution in [3.8, 4) is 11.3 Å². The first-order valence-corrected chi connectivity index (χ1v) is 6.41. The number of aryl methyl sites for hydroxylation is 1. The number of nitrogens with one attached hydrogen (secondary N) is 1. The zero-order valence-corrected chi connectivity index (χ0v) is 10.7. The Balaban J connectivity index is 1.83. The van der Waals surface area contributed by atoms with Crippen LogP contribution in [0.3, 0.4) is 0 Å². The highest BCUT2D eigenvalue weighted by atomic mass is 19.1. The number of hydrogen-bond donors (Lipinski definition) is 1. The molecule has 1 aromatic heterocycles. The summed E-state index contributed by atoms with van der Waals surface area (Å²) in [7, 11) is 0. The third-order valence-electron chi connectivity index (χ3n) is 3.32. The molecule has 0 atom stereocenters. The molecule has 1 aromatic carbocycles. The molecule has 4 heteroatoms. The van der Waals surface area contributed by atoms with Gasteiger partial charge in [0.15, 0.2) is 0 Å². The van der Waals surface area contributed by atoms with E-state index in [-0.39, 0.29) is 0 Å². The highest BCUT2D eigenvalue weighted by molar-refractivity contribution is 5.59. The van der Waals surface area contributed by atoms with Crippen LogP contribution in [0.25, 0.3) is 11.3 Å². The van der Waals surface area contributed by atoms with Crippen LogP contribution in [0, 0.1) is 18.6 Å². The Morgan fingerprint density at radius 2 is 2.00 bits per heavy atom.